The van der Waals surface area contributed by atoms with Crippen LogP contribution in [-0.2, 0) is 38.2 Å². The molecule has 0 aliphatic rings. The molecule has 0 heterocycles. The Morgan fingerprint density at radius 3 is 1.61 bits per heavy atom. The van der Waals surface area contributed by atoms with Crippen molar-refractivity contribution in [2.75, 3.05) is 40.1 Å². The molecule has 0 aromatic heterocycles. The quantitative estimate of drug-likeness (QED) is 0.0502. The lowest BCUT2D eigenvalue weighted by Crippen LogP contribution is -2.55. The second-order valence-electron chi connectivity index (χ2n) is 13.5. The van der Waals surface area contributed by atoms with E-state index in [1.54, 1.807) is 0 Å². The molecule has 0 saturated heterocycles. The number of Topliss-reactive ketones (excluding diaryl/α,β-unsaturated/α-hetero) is 2. The van der Waals surface area contributed by atoms with E-state index in [0.717, 1.165) is 103 Å². The summed E-state index contributed by atoms with van der Waals surface area (Å²) >= 11 is 0. The molecule has 0 aromatic carbocycles. The number of ether oxygens (including phenoxy) is 3. The van der Waals surface area contributed by atoms with Gasteiger partial charge in [0.15, 0.2) is 0 Å². The Labute approximate surface area is 298 Å². The summed E-state index contributed by atoms with van der Waals surface area (Å²) in [5.74, 6) is 0.168. The maximum atomic E-state index is 13.3. The van der Waals surface area contributed by atoms with Crippen LogP contribution in [0.5, 0.6) is 0 Å². The van der Waals surface area contributed by atoms with Crippen molar-refractivity contribution in [2.24, 2.45) is 0 Å². The molecule has 2 N–H and O–H groups in total. The maximum absolute atomic E-state index is 13.3. The molecule has 1 unspecified atom stereocenters. The largest absolute Gasteiger partial charge is 0.469 e. The first kappa shape index (κ1) is 46.7. The lowest BCUT2D eigenvalue weighted by atomic mass is 9.92. The summed E-state index contributed by atoms with van der Waals surface area (Å²) in [5, 5.41) is 6.11. The van der Waals surface area contributed by atoms with Crippen LogP contribution >= 0.6 is 0 Å². The van der Waals surface area contributed by atoms with Gasteiger partial charge in [-0.3, -0.25) is 24.0 Å². The van der Waals surface area contributed by atoms with Crippen molar-refractivity contribution < 1.29 is 38.2 Å². The van der Waals surface area contributed by atoms with Crippen molar-refractivity contribution in [1.82, 2.24) is 10.6 Å². The van der Waals surface area contributed by atoms with Gasteiger partial charge in [0.05, 0.1) is 39.1 Å². The number of rotatable bonds is 36. The summed E-state index contributed by atoms with van der Waals surface area (Å²) in [7, 11) is 1.42. The number of carbonyl (C=O) groups excluding carboxylic acids is 5. The van der Waals surface area contributed by atoms with Crippen LogP contribution in [0.2, 0.25) is 0 Å². The van der Waals surface area contributed by atoms with Crippen LogP contribution in [0.1, 0.15) is 175 Å². The molecule has 0 aliphatic carbocycles. The Morgan fingerprint density at radius 2 is 1.02 bits per heavy atom. The molecule has 10 heteroatoms. The zero-order valence-electron chi connectivity index (χ0n) is 31.8. The number of nitrogens with one attached hydrogen (secondary N) is 2. The van der Waals surface area contributed by atoms with Crippen molar-refractivity contribution in [1.29, 1.82) is 0 Å². The zero-order valence-corrected chi connectivity index (χ0v) is 31.8. The van der Waals surface area contributed by atoms with E-state index in [4.69, 9.17) is 9.47 Å². The Morgan fingerprint density at radius 1 is 0.510 bits per heavy atom. The number of methoxy groups -OCH3 is 1. The first-order valence-electron chi connectivity index (χ1n) is 19.5. The molecule has 49 heavy (non-hydrogen) atoms. The standard InChI is InChI=1S/C39H72N2O8/c1-5-8-16-22-35(43)26-30-48-32-39(28-20-19-23-34(42)21-9-6-2,33-49-31-27-36(44)40-29-7-3)41-37(45)24-17-14-12-10-11-13-15-18-25-38(46)47-4/h5-33H2,1-4H3,(H,40,44)(H,41,45). The van der Waals surface area contributed by atoms with Gasteiger partial charge in [0.25, 0.3) is 0 Å². The summed E-state index contributed by atoms with van der Waals surface area (Å²) in [6.07, 6.45) is 18.9. The number of hydrogen-bond donors (Lipinski definition) is 2. The van der Waals surface area contributed by atoms with E-state index in [-0.39, 0.29) is 62.2 Å². The minimum atomic E-state index is -0.821. The van der Waals surface area contributed by atoms with E-state index >= 15 is 0 Å². The fourth-order valence-electron chi connectivity index (χ4n) is 5.62. The van der Waals surface area contributed by atoms with Crippen molar-refractivity contribution in [3.63, 3.8) is 0 Å². The van der Waals surface area contributed by atoms with Crippen LogP contribution in [0.15, 0.2) is 0 Å². The monoisotopic (exact) mass is 697 g/mol. The molecular formula is C39H72N2O8. The Hall–Kier alpha value is -2.33. The van der Waals surface area contributed by atoms with Gasteiger partial charge in [0, 0.05) is 51.5 Å². The molecule has 0 bridgehead atoms. The van der Waals surface area contributed by atoms with Gasteiger partial charge in [-0.05, 0) is 44.9 Å². The highest BCUT2D eigenvalue weighted by molar-refractivity contribution is 5.79. The fourth-order valence-corrected chi connectivity index (χ4v) is 5.62. The molecule has 0 spiro atoms. The van der Waals surface area contributed by atoms with Crippen molar-refractivity contribution in [3.05, 3.63) is 0 Å². The number of amides is 2. The SMILES string of the molecule is CCCCCC(=O)CCOCC(CCCCC(=O)CCCC)(COCCC(=O)NCCC)NC(=O)CCCCCCCCCCC(=O)OC. The highest BCUT2D eigenvalue weighted by atomic mass is 16.5. The number of unbranched alkanes of at least 4 members (excludes halogenated alkanes) is 11. The van der Waals surface area contributed by atoms with Gasteiger partial charge in [-0.1, -0.05) is 85.0 Å². The molecule has 10 nitrogen and oxygen atoms in total. The molecule has 2 amide bonds. The van der Waals surface area contributed by atoms with E-state index in [1.165, 1.54) is 7.11 Å². The zero-order chi connectivity index (χ0) is 36.4. The van der Waals surface area contributed by atoms with Gasteiger partial charge in [0.1, 0.15) is 11.6 Å². The smallest absolute Gasteiger partial charge is 0.305 e. The average Bonchev–Trinajstić information content (AvgIpc) is 3.09. The maximum Gasteiger partial charge on any atom is 0.305 e. The molecule has 0 aliphatic heterocycles. The van der Waals surface area contributed by atoms with Crippen LogP contribution in [0.4, 0.5) is 0 Å². The van der Waals surface area contributed by atoms with Gasteiger partial charge in [0.2, 0.25) is 11.8 Å². The van der Waals surface area contributed by atoms with Crippen LogP contribution in [0, 0.1) is 0 Å². The summed E-state index contributed by atoms with van der Waals surface area (Å²) in [6.45, 7) is 7.70. The van der Waals surface area contributed by atoms with Gasteiger partial charge in [-0.15, -0.1) is 0 Å². The third-order valence-corrected chi connectivity index (χ3v) is 8.72. The third kappa shape index (κ3) is 29.1. The summed E-state index contributed by atoms with van der Waals surface area (Å²) in [6, 6.07) is 0. The van der Waals surface area contributed by atoms with Crippen molar-refractivity contribution >= 4 is 29.4 Å². The Kier molecular flexibility index (Phi) is 31.3. The highest BCUT2D eigenvalue weighted by Gasteiger charge is 2.32. The summed E-state index contributed by atoms with van der Waals surface area (Å²) < 4.78 is 16.8. The lowest BCUT2D eigenvalue weighted by molar-refractivity contribution is -0.140. The number of ketones is 2. The second kappa shape index (κ2) is 32.9. The first-order valence-corrected chi connectivity index (χ1v) is 19.5. The topological polar surface area (TPSA) is 137 Å². The number of carbonyl (C=O) groups is 5. The normalized spacial score (nSPS) is 12.3. The van der Waals surface area contributed by atoms with E-state index < -0.39 is 5.54 Å². The van der Waals surface area contributed by atoms with Crippen LogP contribution in [0.3, 0.4) is 0 Å². The molecular weight excluding hydrogens is 624 g/mol. The molecule has 0 radical (unpaired) electrons. The van der Waals surface area contributed by atoms with E-state index in [0.29, 0.717) is 51.5 Å². The molecule has 1 atom stereocenters. The van der Waals surface area contributed by atoms with Crippen LogP contribution in [-0.4, -0.2) is 75.0 Å². The fraction of sp³-hybridized carbons (Fsp3) is 0.872. The molecule has 0 aromatic rings. The van der Waals surface area contributed by atoms with Gasteiger partial charge in [-0.25, -0.2) is 0 Å². The molecule has 0 saturated carbocycles. The predicted octanol–water partition coefficient (Wildman–Crippen LogP) is 7.72. The van der Waals surface area contributed by atoms with Gasteiger partial charge < -0.3 is 24.8 Å². The number of esters is 1. The highest BCUT2D eigenvalue weighted by Crippen LogP contribution is 2.20. The summed E-state index contributed by atoms with van der Waals surface area (Å²) in [4.78, 5) is 61.4. The van der Waals surface area contributed by atoms with Crippen LogP contribution in [0.25, 0.3) is 0 Å². The first-order chi connectivity index (χ1) is 23.7. The number of hydrogen-bond acceptors (Lipinski definition) is 8. The van der Waals surface area contributed by atoms with Crippen molar-refractivity contribution in [3.8, 4) is 0 Å². The average molecular weight is 697 g/mol. The summed E-state index contributed by atoms with van der Waals surface area (Å²) in [5.41, 5.74) is -0.821. The Balaban J connectivity index is 5.21. The molecule has 286 valence electrons. The van der Waals surface area contributed by atoms with E-state index in [9.17, 15) is 24.0 Å². The van der Waals surface area contributed by atoms with Crippen molar-refractivity contribution in [2.45, 2.75) is 180 Å². The second-order valence-corrected chi connectivity index (χ2v) is 13.5. The van der Waals surface area contributed by atoms with Crippen LogP contribution < -0.4 is 10.6 Å². The van der Waals surface area contributed by atoms with Gasteiger partial charge >= 0.3 is 5.97 Å². The van der Waals surface area contributed by atoms with E-state index in [2.05, 4.69) is 29.2 Å². The Bertz CT molecular complexity index is 851. The predicted molar refractivity (Wildman–Crippen MR) is 195 cm³/mol. The molecule has 0 rings (SSSR count). The minimum absolute atomic E-state index is 0.0645. The minimum Gasteiger partial charge on any atom is -0.469 e. The molecule has 0 fully saturated rings. The van der Waals surface area contributed by atoms with Gasteiger partial charge in [-0.2, -0.15) is 0 Å². The third-order valence-electron chi connectivity index (χ3n) is 8.72. The van der Waals surface area contributed by atoms with E-state index in [1.807, 2.05) is 6.92 Å². The lowest BCUT2D eigenvalue weighted by Gasteiger charge is -2.35.